The van der Waals surface area contributed by atoms with E-state index in [4.69, 9.17) is 4.74 Å². The SMILES string of the molecule is CCC[N+]1(C)C2CCC1CC(OC(=O)CC1=C(c3ccccc3)CCCC1)C2. The van der Waals surface area contributed by atoms with Crippen LogP contribution in [-0.2, 0) is 9.53 Å². The van der Waals surface area contributed by atoms with Gasteiger partial charge in [-0.1, -0.05) is 42.8 Å². The Kier molecular flexibility index (Phi) is 5.91. The van der Waals surface area contributed by atoms with E-state index in [-0.39, 0.29) is 12.1 Å². The quantitative estimate of drug-likeness (QED) is 0.480. The Morgan fingerprint density at radius 1 is 1.07 bits per heavy atom. The van der Waals surface area contributed by atoms with Gasteiger partial charge in [-0.25, -0.2) is 0 Å². The number of ether oxygens (including phenoxy) is 1. The first-order chi connectivity index (χ1) is 13.6. The van der Waals surface area contributed by atoms with Crippen molar-refractivity contribution in [1.29, 1.82) is 0 Å². The topological polar surface area (TPSA) is 26.3 Å². The highest BCUT2D eigenvalue weighted by molar-refractivity contribution is 5.79. The number of quaternary nitrogens is 1. The highest BCUT2D eigenvalue weighted by Gasteiger charge is 2.51. The largest absolute Gasteiger partial charge is 0.462 e. The van der Waals surface area contributed by atoms with E-state index in [0.717, 1.165) is 25.7 Å². The summed E-state index contributed by atoms with van der Waals surface area (Å²) in [4.78, 5) is 12.8. The molecule has 1 aromatic carbocycles. The Hall–Kier alpha value is -1.61. The first-order valence-corrected chi connectivity index (χ1v) is 11.4. The van der Waals surface area contributed by atoms with Gasteiger partial charge >= 0.3 is 5.97 Å². The molecule has 1 aliphatic carbocycles. The number of benzene rings is 1. The van der Waals surface area contributed by atoms with E-state index in [1.165, 1.54) is 59.8 Å². The van der Waals surface area contributed by atoms with Gasteiger partial charge in [-0.2, -0.15) is 0 Å². The van der Waals surface area contributed by atoms with Crippen LogP contribution in [0.3, 0.4) is 0 Å². The number of hydrogen-bond donors (Lipinski definition) is 0. The minimum absolute atomic E-state index is 0.00123. The second-order valence-corrected chi connectivity index (χ2v) is 9.37. The Bertz CT molecular complexity index is 709. The zero-order valence-electron chi connectivity index (χ0n) is 17.7. The number of rotatable bonds is 6. The van der Waals surface area contributed by atoms with Gasteiger partial charge in [0.2, 0.25) is 0 Å². The smallest absolute Gasteiger partial charge is 0.310 e. The minimum Gasteiger partial charge on any atom is -0.462 e. The van der Waals surface area contributed by atoms with Crippen molar-refractivity contribution < 1.29 is 14.0 Å². The Morgan fingerprint density at radius 2 is 1.75 bits per heavy atom. The molecule has 2 bridgehead atoms. The Balaban J connectivity index is 1.40. The van der Waals surface area contributed by atoms with Crippen LogP contribution in [0, 0.1) is 0 Å². The summed E-state index contributed by atoms with van der Waals surface area (Å²) in [5.41, 5.74) is 3.99. The lowest BCUT2D eigenvalue weighted by atomic mass is 9.86. The molecule has 2 fully saturated rings. The number of nitrogens with zero attached hydrogens (tertiary/aromatic N) is 1. The molecule has 3 heteroatoms. The number of piperidine rings is 1. The standard InChI is InChI=1S/C25H36NO2/c1-3-15-26(2)21-13-14-22(26)18-23(17-21)28-25(27)16-20-11-7-8-12-24(20)19-9-5-4-6-10-19/h4-6,9-10,21-23H,3,7-8,11-18H2,1-2H3/q+1. The van der Waals surface area contributed by atoms with Crippen molar-refractivity contribution in [3.8, 4) is 0 Å². The lowest BCUT2D eigenvalue weighted by Gasteiger charge is -2.46. The number of esters is 1. The van der Waals surface area contributed by atoms with Crippen molar-refractivity contribution in [1.82, 2.24) is 0 Å². The lowest BCUT2D eigenvalue weighted by Crippen LogP contribution is -2.59. The summed E-state index contributed by atoms with van der Waals surface area (Å²) in [6, 6.07) is 12.0. The van der Waals surface area contributed by atoms with Gasteiger partial charge in [-0.15, -0.1) is 0 Å². The van der Waals surface area contributed by atoms with Crippen molar-refractivity contribution in [3.05, 3.63) is 41.5 Å². The summed E-state index contributed by atoms with van der Waals surface area (Å²) in [5.74, 6) is 0.00123. The van der Waals surface area contributed by atoms with Gasteiger partial charge in [0.15, 0.2) is 0 Å². The Labute approximate surface area is 170 Å². The molecule has 2 atom stereocenters. The molecule has 28 heavy (non-hydrogen) atoms. The van der Waals surface area contributed by atoms with Gasteiger partial charge in [-0.05, 0) is 43.2 Å². The normalized spacial score (nSPS) is 32.4. The van der Waals surface area contributed by atoms with E-state index >= 15 is 0 Å². The molecule has 2 aliphatic heterocycles. The lowest BCUT2D eigenvalue weighted by molar-refractivity contribution is -0.949. The zero-order valence-corrected chi connectivity index (χ0v) is 17.7. The molecule has 0 saturated carbocycles. The highest BCUT2D eigenvalue weighted by atomic mass is 16.5. The van der Waals surface area contributed by atoms with Crippen LogP contribution in [0.4, 0.5) is 0 Å². The van der Waals surface area contributed by atoms with E-state index in [1.54, 1.807) is 0 Å². The number of carbonyl (C=O) groups is 1. The molecule has 0 amide bonds. The summed E-state index contributed by atoms with van der Waals surface area (Å²) in [5, 5.41) is 0. The van der Waals surface area contributed by atoms with Crippen molar-refractivity contribution >= 4 is 11.5 Å². The third-order valence-electron chi connectivity index (χ3n) is 7.64. The van der Waals surface area contributed by atoms with Crippen LogP contribution in [0.25, 0.3) is 5.57 Å². The van der Waals surface area contributed by atoms with E-state index < -0.39 is 0 Å². The van der Waals surface area contributed by atoms with E-state index in [2.05, 4.69) is 44.3 Å². The fraction of sp³-hybridized carbons (Fsp3) is 0.640. The third kappa shape index (κ3) is 3.91. The summed E-state index contributed by atoms with van der Waals surface area (Å²) >= 11 is 0. The van der Waals surface area contributed by atoms with E-state index in [0.29, 0.717) is 18.5 Å². The maximum absolute atomic E-state index is 12.8. The number of carbonyl (C=O) groups excluding carboxylic acids is 1. The molecule has 0 radical (unpaired) electrons. The molecule has 3 aliphatic rings. The van der Waals surface area contributed by atoms with Crippen molar-refractivity contribution in [2.75, 3.05) is 13.6 Å². The molecule has 1 aromatic rings. The first-order valence-electron chi connectivity index (χ1n) is 11.4. The van der Waals surface area contributed by atoms with Gasteiger partial charge in [0.25, 0.3) is 0 Å². The van der Waals surface area contributed by atoms with Gasteiger partial charge in [-0.3, -0.25) is 4.79 Å². The summed E-state index contributed by atoms with van der Waals surface area (Å²) in [6.45, 7) is 3.56. The molecule has 2 heterocycles. The van der Waals surface area contributed by atoms with Gasteiger partial charge in [0, 0.05) is 25.7 Å². The fourth-order valence-electron chi connectivity index (χ4n) is 6.19. The molecule has 4 rings (SSSR count). The molecule has 2 unspecified atom stereocenters. The molecular formula is C25H36NO2+. The van der Waals surface area contributed by atoms with Gasteiger partial charge in [0.1, 0.15) is 6.10 Å². The summed E-state index contributed by atoms with van der Waals surface area (Å²) < 4.78 is 7.26. The molecule has 0 N–H and O–H groups in total. The van der Waals surface area contributed by atoms with Crippen molar-refractivity contribution in [2.45, 2.75) is 89.3 Å². The molecule has 0 spiro atoms. The maximum atomic E-state index is 12.8. The van der Waals surface area contributed by atoms with Crippen LogP contribution in [-0.4, -0.2) is 42.2 Å². The monoisotopic (exact) mass is 382 g/mol. The van der Waals surface area contributed by atoms with E-state index in [1.807, 2.05) is 0 Å². The molecular weight excluding hydrogens is 346 g/mol. The van der Waals surface area contributed by atoms with Crippen LogP contribution in [0.15, 0.2) is 35.9 Å². The number of fused-ring (bicyclic) bond motifs is 2. The average Bonchev–Trinajstić information content (AvgIpc) is 2.86. The average molecular weight is 383 g/mol. The maximum Gasteiger partial charge on any atom is 0.310 e. The second kappa shape index (κ2) is 8.41. The van der Waals surface area contributed by atoms with Gasteiger partial charge < -0.3 is 9.22 Å². The summed E-state index contributed by atoms with van der Waals surface area (Å²) in [6.07, 6.45) is 11.1. The predicted octanol–water partition coefficient (Wildman–Crippen LogP) is 5.50. The van der Waals surface area contributed by atoms with E-state index in [9.17, 15) is 4.79 Å². The van der Waals surface area contributed by atoms with Crippen molar-refractivity contribution in [3.63, 3.8) is 0 Å². The van der Waals surface area contributed by atoms with Crippen LogP contribution >= 0.6 is 0 Å². The van der Waals surface area contributed by atoms with Crippen LogP contribution in [0.5, 0.6) is 0 Å². The summed E-state index contributed by atoms with van der Waals surface area (Å²) in [7, 11) is 2.43. The molecule has 152 valence electrons. The highest BCUT2D eigenvalue weighted by Crippen LogP contribution is 2.42. The van der Waals surface area contributed by atoms with Crippen molar-refractivity contribution in [2.24, 2.45) is 0 Å². The second-order valence-electron chi connectivity index (χ2n) is 9.37. The van der Waals surface area contributed by atoms with Crippen LogP contribution in [0.1, 0.15) is 76.7 Å². The fourth-order valence-corrected chi connectivity index (χ4v) is 6.19. The zero-order chi connectivity index (χ0) is 19.6. The van der Waals surface area contributed by atoms with Gasteiger partial charge in [0.05, 0.1) is 32.1 Å². The molecule has 0 aromatic heterocycles. The third-order valence-corrected chi connectivity index (χ3v) is 7.64. The number of allylic oxidation sites excluding steroid dienone is 1. The molecule has 3 nitrogen and oxygen atoms in total. The molecule has 2 saturated heterocycles. The van der Waals surface area contributed by atoms with Crippen LogP contribution in [0.2, 0.25) is 0 Å². The minimum atomic E-state index is 0.00123. The van der Waals surface area contributed by atoms with Crippen LogP contribution < -0.4 is 0 Å². The first kappa shape index (κ1) is 19.7. The Morgan fingerprint density at radius 3 is 2.43 bits per heavy atom. The number of hydrogen-bond acceptors (Lipinski definition) is 2. The predicted molar refractivity (Wildman–Crippen MR) is 114 cm³/mol.